The number of hydrogen-bond acceptors (Lipinski definition) is 2. The maximum absolute atomic E-state index is 12.0. The fourth-order valence-electron chi connectivity index (χ4n) is 1.59. The number of Topliss-reactive ketones (excluding diaryl/α,β-unsaturated/α-hetero) is 1. The molecule has 0 aliphatic rings. The van der Waals surface area contributed by atoms with Gasteiger partial charge in [-0.2, -0.15) is 0 Å². The molecule has 1 unspecified atom stereocenters. The Hall–Kier alpha value is -1.64. The Balaban J connectivity index is 0.00000144. The minimum absolute atomic E-state index is 0. The lowest BCUT2D eigenvalue weighted by Crippen LogP contribution is -2.21. The number of benzene rings is 2. The monoisotopic (exact) mass is 247 g/mol. The van der Waals surface area contributed by atoms with Gasteiger partial charge in [-0.25, -0.2) is 0 Å². The number of carbonyl (C=O) groups is 1. The van der Waals surface area contributed by atoms with Gasteiger partial charge in [0.1, 0.15) is 0 Å². The normalized spacial score (nSPS) is 11.4. The highest BCUT2D eigenvalue weighted by Crippen LogP contribution is 2.15. The molecule has 0 heterocycles. The van der Waals surface area contributed by atoms with Gasteiger partial charge in [0, 0.05) is 5.56 Å². The summed E-state index contributed by atoms with van der Waals surface area (Å²) in [5.74, 6) is -0.0493. The van der Waals surface area contributed by atoms with Crippen molar-refractivity contribution < 1.29 is 4.79 Å². The minimum atomic E-state index is -0.580. The van der Waals surface area contributed by atoms with E-state index >= 15 is 0 Å². The first-order valence-corrected chi connectivity index (χ1v) is 5.19. The molecule has 0 amide bonds. The summed E-state index contributed by atoms with van der Waals surface area (Å²) in [6.07, 6.45) is 0. The number of rotatable bonds is 3. The van der Waals surface area contributed by atoms with Crippen molar-refractivity contribution in [1.82, 2.24) is 0 Å². The zero-order valence-corrected chi connectivity index (χ0v) is 10.1. The number of halogens is 1. The zero-order chi connectivity index (χ0) is 11.4. The van der Waals surface area contributed by atoms with Crippen LogP contribution in [0.3, 0.4) is 0 Å². The van der Waals surface area contributed by atoms with Crippen molar-refractivity contribution in [3.63, 3.8) is 0 Å². The van der Waals surface area contributed by atoms with Crippen LogP contribution in [0.25, 0.3) is 0 Å². The number of ketones is 1. The van der Waals surface area contributed by atoms with Gasteiger partial charge in [0.25, 0.3) is 0 Å². The van der Waals surface area contributed by atoms with E-state index in [-0.39, 0.29) is 18.2 Å². The van der Waals surface area contributed by atoms with Crippen LogP contribution in [0.4, 0.5) is 0 Å². The van der Waals surface area contributed by atoms with Gasteiger partial charge in [-0.05, 0) is 5.56 Å². The van der Waals surface area contributed by atoms with Crippen molar-refractivity contribution in [3.05, 3.63) is 71.8 Å². The second-order valence-electron chi connectivity index (χ2n) is 3.62. The Kier molecular flexibility index (Phi) is 4.88. The van der Waals surface area contributed by atoms with Gasteiger partial charge in [-0.3, -0.25) is 4.79 Å². The Bertz CT molecular complexity index is 470. The molecule has 2 aromatic carbocycles. The molecule has 0 aliphatic carbocycles. The molecule has 0 aliphatic heterocycles. The van der Waals surface area contributed by atoms with Gasteiger partial charge in [0.15, 0.2) is 5.78 Å². The molecule has 0 radical (unpaired) electrons. The summed E-state index contributed by atoms with van der Waals surface area (Å²) in [4.78, 5) is 12.0. The van der Waals surface area contributed by atoms with Gasteiger partial charge >= 0.3 is 0 Å². The number of nitrogens with two attached hydrogens (primary N) is 1. The summed E-state index contributed by atoms with van der Waals surface area (Å²) in [5, 5.41) is 0. The standard InChI is InChI=1S/C14H13NO.ClH/c15-13(11-7-3-1-4-8-11)14(16)12-9-5-2-6-10-12;/h1-10,13H,15H2;1H. The molecule has 1 atom stereocenters. The molecule has 2 aromatic rings. The third-order valence-corrected chi connectivity index (χ3v) is 2.50. The highest BCUT2D eigenvalue weighted by molar-refractivity contribution is 6.00. The summed E-state index contributed by atoms with van der Waals surface area (Å²) >= 11 is 0. The van der Waals surface area contributed by atoms with E-state index < -0.39 is 6.04 Å². The Labute approximate surface area is 107 Å². The first kappa shape index (κ1) is 13.4. The van der Waals surface area contributed by atoms with Crippen molar-refractivity contribution in [2.24, 2.45) is 5.73 Å². The van der Waals surface area contributed by atoms with E-state index in [1.165, 1.54) is 0 Å². The average Bonchev–Trinajstić information content (AvgIpc) is 2.39. The third-order valence-electron chi connectivity index (χ3n) is 2.50. The predicted molar refractivity (Wildman–Crippen MR) is 71.4 cm³/mol. The molecule has 0 aromatic heterocycles. The zero-order valence-electron chi connectivity index (χ0n) is 9.24. The Morgan fingerprint density at radius 2 is 1.35 bits per heavy atom. The van der Waals surface area contributed by atoms with Crippen LogP contribution in [-0.2, 0) is 0 Å². The first-order valence-electron chi connectivity index (χ1n) is 5.19. The first-order chi connectivity index (χ1) is 7.79. The van der Waals surface area contributed by atoms with Crippen LogP contribution in [0, 0.1) is 0 Å². The average molecular weight is 248 g/mol. The smallest absolute Gasteiger partial charge is 0.184 e. The van der Waals surface area contributed by atoms with Crippen molar-refractivity contribution in [2.45, 2.75) is 6.04 Å². The summed E-state index contributed by atoms with van der Waals surface area (Å²) in [6, 6.07) is 17.9. The van der Waals surface area contributed by atoms with Gasteiger partial charge in [0.05, 0.1) is 6.04 Å². The lowest BCUT2D eigenvalue weighted by atomic mass is 9.98. The molecule has 17 heavy (non-hydrogen) atoms. The number of hydrogen-bond donors (Lipinski definition) is 1. The summed E-state index contributed by atoms with van der Waals surface area (Å²) in [5.41, 5.74) is 7.42. The lowest BCUT2D eigenvalue weighted by Gasteiger charge is -2.10. The molecule has 0 saturated heterocycles. The molecule has 0 saturated carbocycles. The molecule has 88 valence electrons. The van der Waals surface area contributed by atoms with Crippen LogP contribution in [0.1, 0.15) is 22.0 Å². The second-order valence-corrected chi connectivity index (χ2v) is 3.62. The fraction of sp³-hybridized carbons (Fsp3) is 0.0714. The molecule has 0 bridgehead atoms. The highest BCUT2D eigenvalue weighted by Gasteiger charge is 2.16. The molecule has 2 N–H and O–H groups in total. The van der Waals surface area contributed by atoms with Crippen LogP contribution in [-0.4, -0.2) is 5.78 Å². The van der Waals surface area contributed by atoms with Crippen molar-refractivity contribution in [2.75, 3.05) is 0 Å². The van der Waals surface area contributed by atoms with E-state index in [0.717, 1.165) is 5.56 Å². The van der Waals surface area contributed by atoms with Crippen molar-refractivity contribution >= 4 is 18.2 Å². The molecule has 2 rings (SSSR count). The molecular weight excluding hydrogens is 234 g/mol. The van der Waals surface area contributed by atoms with Crippen LogP contribution >= 0.6 is 12.4 Å². The van der Waals surface area contributed by atoms with Crippen LogP contribution in [0.2, 0.25) is 0 Å². The Morgan fingerprint density at radius 3 is 1.88 bits per heavy atom. The lowest BCUT2D eigenvalue weighted by molar-refractivity contribution is 0.0961. The van der Waals surface area contributed by atoms with E-state index in [0.29, 0.717) is 5.56 Å². The van der Waals surface area contributed by atoms with E-state index in [9.17, 15) is 4.79 Å². The maximum Gasteiger partial charge on any atom is 0.184 e. The quantitative estimate of drug-likeness (QED) is 0.848. The molecule has 0 spiro atoms. The minimum Gasteiger partial charge on any atom is -0.318 e. The van der Waals surface area contributed by atoms with Gasteiger partial charge in [-0.1, -0.05) is 60.7 Å². The molecule has 3 heteroatoms. The topological polar surface area (TPSA) is 43.1 Å². The maximum atomic E-state index is 12.0. The predicted octanol–water partition coefficient (Wildman–Crippen LogP) is 2.99. The van der Waals surface area contributed by atoms with Crippen molar-refractivity contribution in [3.8, 4) is 0 Å². The SMILES string of the molecule is Cl.NC(C(=O)c1ccccc1)c1ccccc1. The summed E-state index contributed by atoms with van der Waals surface area (Å²) in [6.45, 7) is 0. The van der Waals surface area contributed by atoms with Gasteiger partial charge in [0.2, 0.25) is 0 Å². The summed E-state index contributed by atoms with van der Waals surface area (Å²) in [7, 11) is 0. The molecule has 2 nitrogen and oxygen atoms in total. The fourth-order valence-corrected chi connectivity index (χ4v) is 1.59. The highest BCUT2D eigenvalue weighted by atomic mass is 35.5. The second kappa shape index (κ2) is 6.18. The van der Waals surface area contributed by atoms with E-state index in [1.54, 1.807) is 12.1 Å². The van der Waals surface area contributed by atoms with Gasteiger partial charge < -0.3 is 5.73 Å². The third kappa shape index (κ3) is 3.16. The van der Waals surface area contributed by atoms with E-state index in [4.69, 9.17) is 5.73 Å². The van der Waals surface area contributed by atoms with Gasteiger partial charge in [-0.15, -0.1) is 12.4 Å². The largest absolute Gasteiger partial charge is 0.318 e. The Morgan fingerprint density at radius 1 is 0.882 bits per heavy atom. The van der Waals surface area contributed by atoms with Crippen molar-refractivity contribution in [1.29, 1.82) is 0 Å². The van der Waals surface area contributed by atoms with Crippen LogP contribution < -0.4 is 5.73 Å². The van der Waals surface area contributed by atoms with E-state index in [1.807, 2.05) is 48.5 Å². The van der Waals surface area contributed by atoms with Crippen LogP contribution in [0.5, 0.6) is 0 Å². The molecule has 0 fully saturated rings. The van der Waals surface area contributed by atoms with E-state index in [2.05, 4.69) is 0 Å². The summed E-state index contributed by atoms with van der Waals surface area (Å²) < 4.78 is 0. The molecular formula is C14H14ClNO. The van der Waals surface area contributed by atoms with Crippen LogP contribution in [0.15, 0.2) is 60.7 Å². The number of carbonyl (C=O) groups excluding carboxylic acids is 1.